The van der Waals surface area contributed by atoms with Gasteiger partial charge in [0.2, 0.25) is 0 Å². The lowest BCUT2D eigenvalue weighted by molar-refractivity contribution is 0.166. The van der Waals surface area contributed by atoms with Crippen LogP contribution < -0.4 is 15.4 Å². The van der Waals surface area contributed by atoms with E-state index in [2.05, 4.69) is 31.4 Å². The van der Waals surface area contributed by atoms with E-state index < -0.39 is 0 Å². The van der Waals surface area contributed by atoms with Gasteiger partial charge in [0.25, 0.3) is 0 Å². The molecule has 0 aliphatic heterocycles. The second-order valence-corrected chi connectivity index (χ2v) is 7.65. The Morgan fingerprint density at radius 1 is 1.09 bits per heavy atom. The molecule has 0 unspecified atom stereocenters. The Bertz CT molecular complexity index is 485. The van der Waals surface area contributed by atoms with Crippen molar-refractivity contribution in [3.05, 3.63) is 24.3 Å². The van der Waals surface area contributed by atoms with E-state index in [1.54, 1.807) is 7.11 Å². The first-order chi connectivity index (χ1) is 10.4. The van der Waals surface area contributed by atoms with Gasteiger partial charge in [0, 0.05) is 11.7 Å². The average molecular weight is 321 g/mol. The van der Waals surface area contributed by atoms with Gasteiger partial charge in [-0.25, -0.2) is 0 Å². The molecule has 2 rings (SSSR count). The Hall–Kier alpha value is -1.29. The first-order valence-corrected chi connectivity index (χ1v) is 8.51. The van der Waals surface area contributed by atoms with Gasteiger partial charge in [0.05, 0.1) is 7.11 Å². The first kappa shape index (κ1) is 17.1. The van der Waals surface area contributed by atoms with Crippen LogP contribution in [0.15, 0.2) is 24.3 Å². The zero-order valence-electron chi connectivity index (χ0n) is 14.1. The maximum atomic E-state index is 5.43. The fourth-order valence-electron chi connectivity index (χ4n) is 3.13. The Labute approximate surface area is 139 Å². The fourth-order valence-corrected chi connectivity index (χ4v) is 3.42. The first-order valence-electron chi connectivity index (χ1n) is 8.10. The van der Waals surface area contributed by atoms with Gasteiger partial charge in [-0.15, -0.1) is 0 Å². The molecule has 0 amide bonds. The maximum absolute atomic E-state index is 5.43. The van der Waals surface area contributed by atoms with Crippen molar-refractivity contribution in [1.29, 1.82) is 0 Å². The summed E-state index contributed by atoms with van der Waals surface area (Å²) in [5.74, 6) is 1.68. The molecule has 0 spiro atoms. The third-order valence-corrected chi connectivity index (χ3v) is 4.85. The summed E-state index contributed by atoms with van der Waals surface area (Å²) in [6, 6.07) is 8.31. The zero-order chi connectivity index (χ0) is 16.2. The number of methoxy groups -OCH3 is 1. The molecule has 22 heavy (non-hydrogen) atoms. The highest BCUT2D eigenvalue weighted by Gasteiger charge is 2.29. The average Bonchev–Trinajstić information content (AvgIpc) is 2.47. The Kier molecular flexibility index (Phi) is 5.68. The lowest BCUT2D eigenvalue weighted by atomic mass is 9.71. The van der Waals surface area contributed by atoms with Crippen molar-refractivity contribution < 1.29 is 4.74 Å². The molecule has 1 aromatic rings. The lowest BCUT2D eigenvalue weighted by Crippen LogP contribution is -2.41. The number of ether oxygens (including phenoxy) is 1. The topological polar surface area (TPSA) is 33.3 Å². The molecule has 0 bridgehead atoms. The van der Waals surface area contributed by atoms with Crippen molar-refractivity contribution in [2.45, 2.75) is 52.5 Å². The van der Waals surface area contributed by atoms with E-state index in [-0.39, 0.29) is 0 Å². The van der Waals surface area contributed by atoms with Crippen LogP contribution in [-0.2, 0) is 0 Å². The van der Waals surface area contributed by atoms with Gasteiger partial charge < -0.3 is 15.4 Å². The van der Waals surface area contributed by atoms with Gasteiger partial charge in [0.15, 0.2) is 5.11 Å². The number of benzene rings is 1. The molecule has 1 aromatic carbocycles. The Morgan fingerprint density at radius 3 is 2.18 bits per heavy atom. The number of hydrogen-bond acceptors (Lipinski definition) is 2. The summed E-state index contributed by atoms with van der Waals surface area (Å²) < 4.78 is 5.16. The van der Waals surface area contributed by atoms with Crippen molar-refractivity contribution in [3.8, 4) is 5.75 Å². The summed E-state index contributed by atoms with van der Waals surface area (Å²) in [5, 5.41) is 7.42. The molecule has 1 aliphatic carbocycles. The second-order valence-electron chi connectivity index (χ2n) is 7.24. The second kappa shape index (κ2) is 7.32. The van der Waals surface area contributed by atoms with Gasteiger partial charge in [0.1, 0.15) is 5.75 Å². The van der Waals surface area contributed by atoms with Gasteiger partial charge in [-0.1, -0.05) is 20.8 Å². The fraction of sp³-hybridized carbons (Fsp3) is 0.611. The highest BCUT2D eigenvalue weighted by molar-refractivity contribution is 7.80. The van der Waals surface area contributed by atoms with Crippen LogP contribution in [0, 0.1) is 11.3 Å². The van der Waals surface area contributed by atoms with E-state index in [0.29, 0.717) is 16.6 Å². The highest BCUT2D eigenvalue weighted by atomic mass is 32.1. The quantitative estimate of drug-likeness (QED) is 0.798. The van der Waals surface area contributed by atoms with Crippen molar-refractivity contribution in [2.24, 2.45) is 11.3 Å². The van der Waals surface area contributed by atoms with E-state index in [1.165, 1.54) is 25.7 Å². The van der Waals surface area contributed by atoms with Crippen LogP contribution in [-0.4, -0.2) is 18.3 Å². The molecule has 1 saturated carbocycles. The Balaban J connectivity index is 1.78. The summed E-state index contributed by atoms with van der Waals surface area (Å²) in [4.78, 5) is 0. The standard InChI is InChI=1S/C18H28N2OS/c1-18(2,3)13-5-7-14(8-6-13)19-17(22)20-15-9-11-16(21-4)12-10-15/h9-14H,5-8H2,1-4H3,(H2,19,20,22). The third-order valence-electron chi connectivity index (χ3n) is 4.64. The molecular weight excluding hydrogens is 292 g/mol. The molecule has 0 aromatic heterocycles. The zero-order valence-corrected chi connectivity index (χ0v) is 14.9. The minimum Gasteiger partial charge on any atom is -0.497 e. The summed E-state index contributed by atoms with van der Waals surface area (Å²) >= 11 is 5.43. The third kappa shape index (κ3) is 4.87. The van der Waals surface area contributed by atoms with Crippen LogP contribution in [0.3, 0.4) is 0 Å². The molecular formula is C18H28N2OS. The predicted molar refractivity (Wildman–Crippen MR) is 97.6 cm³/mol. The summed E-state index contributed by atoms with van der Waals surface area (Å²) in [5.41, 5.74) is 1.41. The van der Waals surface area contributed by atoms with Crippen LogP contribution in [0.1, 0.15) is 46.5 Å². The monoisotopic (exact) mass is 320 g/mol. The van der Waals surface area contributed by atoms with Crippen LogP contribution in [0.5, 0.6) is 5.75 Å². The largest absolute Gasteiger partial charge is 0.497 e. The van der Waals surface area contributed by atoms with Crippen LogP contribution in [0.25, 0.3) is 0 Å². The minimum atomic E-state index is 0.423. The minimum absolute atomic E-state index is 0.423. The summed E-state index contributed by atoms with van der Waals surface area (Å²) in [6.45, 7) is 7.05. The SMILES string of the molecule is COc1ccc(NC(=S)NC2CCC(C(C)(C)C)CC2)cc1. The highest BCUT2D eigenvalue weighted by Crippen LogP contribution is 2.37. The number of nitrogens with one attached hydrogen (secondary N) is 2. The molecule has 0 heterocycles. The lowest BCUT2D eigenvalue weighted by Gasteiger charge is -2.37. The van der Waals surface area contributed by atoms with E-state index in [0.717, 1.165) is 17.4 Å². The molecule has 0 atom stereocenters. The Morgan fingerprint density at radius 2 is 1.68 bits per heavy atom. The van der Waals surface area contributed by atoms with Crippen molar-refractivity contribution in [1.82, 2.24) is 5.32 Å². The number of hydrogen-bond donors (Lipinski definition) is 2. The van der Waals surface area contributed by atoms with Crippen molar-refractivity contribution in [3.63, 3.8) is 0 Å². The van der Waals surface area contributed by atoms with Crippen LogP contribution in [0.2, 0.25) is 0 Å². The number of anilines is 1. The number of thiocarbonyl (C=S) groups is 1. The molecule has 3 nitrogen and oxygen atoms in total. The molecule has 2 N–H and O–H groups in total. The van der Waals surface area contributed by atoms with E-state index >= 15 is 0 Å². The molecule has 1 aliphatic rings. The van der Waals surface area contributed by atoms with Crippen molar-refractivity contribution >= 4 is 23.0 Å². The van der Waals surface area contributed by atoms with E-state index in [4.69, 9.17) is 17.0 Å². The van der Waals surface area contributed by atoms with Crippen molar-refractivity contribution in [2.75, 3.05) is 12.4 Å². The van der Waals surface area contributed by atoms with Gasteiger partial charge in [-0.3, -0.25) is 0 Å². The summed E-state index contributed by atoms with van der Waals surface area (Å²) in [6.07, 6.45) is 4.97. The molecule has 122 valence electrons. The predicted octanol–water partition coefficient (Wildman–Crippen LogP) is 4.59. The molecule has 0 saturated heterocycles. The molecule has 4 heteroatoms. The van der Waals surface area contributed by atoms with Crippen LogP contribution >= 0.6 is 12.2 Å². The van der Waals surface area contributed by atoms with Crippen LogP contribution in [0.4, 0.5) is 5.69 Å². The van der Waals surface area contributed by atoms with Gasteiger partial charge in [-0.05, 0) is 73.5 Å². The van der Waals surface area contributed by atoms with Gasteiger partial charge in [-0.2, -0.15) is 0 Å². The maximum Gasteiger partial charge on any atom is 0.170 e. The van der Waals surface area contributed by atoms with E-state index in [9.17, 15) is 0 Å². The molecule has 1 fully saturated rings. The van der Waals surface area contributed by atoms with Gasteiger partial charge >= 0.3 is 0 Å². The normalized spacial score (nSPS) is 22.0. The summed E-state index contributed by atoms with van der Waals surface area (Å²) in [7, 11) is 1.67. The van der Waals surface area contributed by atoms with E-state index in [1.807, 2.05) is 24.3 Å². The smallest absolute Gasteiger partial charge is 0.170 e. The number of rotatable bonds is 3. The molecule has 0 radical (unpaired) electrons.